The molecule has 1 fully saturated rings. The van der Waals surface area contributed by atoms with Crippen molar-refractivity contribution in [2.45, 2.75) is 32.2 Å². The highest BCUT2D eigenvalue weighted by molar-refractivity contribution is 5.83. The zero-order valence-electron chi connectivity index (χ0n) is 8.89. The number of rotatable bonds is 3. The summed E-state index contributed by atoms with van der Waals surface area (Å²) in [5.74, 6) is 0.0775. The fourth-order valence-electron chi connectivity index (χ4n) is 1.61. The van der Waals surface area contributed by atoms with Crippen LogP contribution in [0.25, 0.3) is 0 Å². The van der Waals surface area contributed by atoms with Crippen LogP contribution in [0.15, 0.2) is 11.9 Å². The first-order chi connectivity index (χ1) is 6.74. The van der Waals surface area contributed by atoms with E-state index in [2.05, 4.69) is 16.0 Å². The van der Waals surface area contributed by atoms with E-state index in [1.807, 2.05) is 14.0 Å². The van der Waals surface area contributed by atoms with Gasteiger partial charge in [0.2, 0.25) is 5.91 Å². The van der Waals surface area contributed by atoms with Crippen LogP contribution in [-0.2, 0) is 4.79 Å². The van der Waals surface area contributed by atoms with Crippen molar-refractivity contribution in [2.24, 2.45) is 0 Å². The minimum Gasteiger partial charge on any atom is -0.393 e. The molecule has 1 amide bonds. The molecule has 0 spiro atoms. The van der Waals surface area contributed by atoms with E-state index in [4.69, 9.17) is 0 Å². The van der Waals surface area contributed by atoms with E-state index in [-0.39, 0.29) is 11.9 Å². The van der Waals surface area contributed by atoms with Crippen LogP contribution in [-0.4, -0.2) is 25.5 Å². The minimum absolute atomic E-state index is 0.0102. The fraction of sp³-hybridized carbons (Fsp3) is 0.700. The highest BCUT2D eigenvalue weighted by Gasteiger charge is 2.19. The Balaban J connectivity index is 2.36. The van der Waals surface area contributed by atoms with Crippen LogP contribution < -0.4 is 16.0 Å². The summed E-state index contributed by atoms with van der Waals surface area (Å²) in [4.78, 5) is 11.6. The molecule has 0 aromatic rings. The molecule has 80 valence electrons. The Labute approximate surface area is 85.1 Å². The lowest BCUT2D eigenvalue weighted by molar-refractivity contribution is -0.122. The molecule has 1 rings (SSSR count). The Morgan fingerprint density at radius 1 is 1.50 bits per heavy atom. The van der Waals surface area contributed by atoms with Crippen LogP contribution >= 0.6 is 0 Å². The van der Waals surface area contributed by atoms with E-state index in [0.717, 1.165) is 25.1 Å². The lowest BCUT2D eigenvalue weighted by Gasteiger charge is -2.22. The zero-order chi connectivity index (χ0) is 10.4. The van der Waals surface area contributed by atoms with Gasteiger partial charge in [0.25, 0.3) is 0 Å². The number of allylic oxidation sites excluding steroid dienone is 1. The molecule has 4 heteroatoms. The number of nitrogens with one attached hydrogen (secondary N) is 3. The van der Waals surface area contributed by atoms with Crippen LogP contribution in [0.5, 0.6) is 0 Å². The Kier molecular flexibility index (Phi) is 4.46. The molecule has 1 aliphatic heterocycles. The first kappa shape index (κ1) is 11.0. The normalized spacial score (nSPS) is 23.0. The van der Waals surface area contributed by atoms with Crippen LogP contribution in [0.2, 0.25) is 0 Å². The number of hydrogen-bond donors (Lipinski definition) is 3. The van der Waals surface area contributed by atoms with Gasteiger partial charge in [-0.3, -0.25) is 4.79 Å². The predicted octanol–water partition coefficient (Wildman–Crippen LogP) is 0.325. The van der Waals surface area contributed by atoms with Crippen molar-refractivity contribution in [3.63, 3.8) is 0 Å². The molecule has 1 atom stereocenters. The van der Waals surface area contributed by atoms with Gasteiger partial charge in [-0.2, -0.15) is 0 Å². The zero-order valence-corrected chi connectivity index (χ0v) is 8.89. The summed E-state index contributed by atoms with van der Waals surface area (Å²) in [6, 6.07) is -0.0102. The Bertz CT molecular complexity index is 219. The summed E-state index contributed by atoms with van der Waals surface area (Å²) in [6.07, 6.45) is 5.04. The van der Waals surface area contributed by atoms with Crippen molar-refractivity contribution in [2.75, 3.05) is 13.6 Å². The summed E-state index contributed by atoms with van der Waals surface area (Å²) >= 11 is 0. The van der Waals surface area contributed by atoms with Crippen molar-refractivity contribution < 1.29 is 4.79 Å². The first-order valence-electron chi connectivity index (χ1n) is 5.12. The van der Waals surface area contributed by atoms with Crippen molar-refractivity contribution in [1.29, 1.82) is 0 Å². The Morgan fingerprint density at radius 3 is 2.86 bits per heavy atom. The maximum Gasteiger partial charge on any atom is 0.241 e. The van der Waals surface area contributed by atoms with E-state index in [9.17, 15) is 4.79 Å². The van der Waals surface area contributed by atoms with Gasteiger partial charge >= 0.3 is 0 Å². The van der Waals surface area contributed by atoms with Crippen LogP contribution in [0.4, 0.5) is 0 Å². The SMILES string of the molecule is CN/C=C(\C)NC(=O)[C@H]1CCCCN1. The van der Waals surface area contributed by atoms with Crippen molar-refractivity contribution >= 4 is 5.91 Å². The lowest BCUT2D eigenvalue weighted by Crippen LogP contribution is -2.46. The molecular weight excluding hydrogens is 178 g/mol. The molecule has 3 N–H and O–H groups in total. The number of hydrogen-bond acceptors (Lipinski definition) is 3. The van der Waals surface area contributed by atoms with Gasteiger partial charge in [0.1, 0.15) is 0 Å². The second-order valence-corrected chi connectivity index (χ2v) is 3.61. The van der Waals surface area contributed by atoms with Gasteiger partial charge in [0.05, 0.1) is 6.04 Å². The lowest BCUT2D eigenvalue weighted by atomic mass is 10.0. The van der Waals surface area contributed by atoms with Crippen molar-refractivity contribution in [3.8, 4) is 0 Å². The smallest absolute Gasteiger partial charge is 0.241 e. The van der Waals surface area contributed by atoms with Gasteiger partial charge in [-0.15, -0.1) is 0 Å². The summed E-state index contributed by atoms with van der Waals surface area (Å²) in [5.41, 5.74) is 0.852. The number of amides is 1. The molecular formula is C10H19N3O. The van der Waals surface area contributed by atoms with Crippen molar-refractivity contribution in [1.82, 2.24) is 16.0 Å². The average molecular weight is 197 g/mol. The standard InChI is InChI=1S/C10H19N3O/c1-8(7-11-2)13-10(14)9-5-3-4-6-12-9/h7,9,11-12H,3-6H2,1-2H3,(H,13,14)/b8-7+/t9-/m1/s1. The van der Waals surface area contributed by atoms with Crippen LogP contribution in [0.3, 0.4) is 0 Å². The maximum atomic E-state index is 11.6. The van der Waals surface area contributed by atoms with Gasteiger partial charge in [-0.05, 0) is 26.3 Å². The molecule has 14 heavy (non-hydrogen) atoms. The van der Waals surface area contributed by atoms with Gasteiger partial charge in [-0.25, -0.2) is 0 Å². The van der Waals surface area contributed by atoms with Gasteiger partial charge in [-0.1, -0.05) is 6.42 Å². The molecule has 1 heterocycles. The molecule has 0 aromatic carbocycles. The third-order valence-electron chi connectivity index (χ3n) is 2.31. The minimum atomic E-state index is -0.0102. The third-order valence-corrected chi connectivity index (χ3v) is 2.31. The molecule has 0 unspecified atom stereocenters. The second kappa shape index (κ2) is 5.65. The maximum absolute atomic E-state index is 11.6. The highest BCUT2D eigenvalue weighted by Crippen LogP contribution is 2.07. The van der Waals surface area contributed by atoms with E-state index in [0.29, 0.717) is 0 Å². The van der Waals surface area contributed by atoms with Gasteiger partial charge in [0.15, 0.2) is 0 Å². The van der Waals surface area contributed by atoms with Crippen LogP contribution in [0, 0.1) is 0 Å². The van der Waals surface area contributed by atoms with E-state index >= 15 is 0 Å². The Hall–Kier alpha value is -1.03. The highest BCUT2D eigenvalue weighted by atomic mass is 16.2. The molecule has 1 saturated heterocycles. The number of carbonyl (C=O) groups excluding carboxylic acids is 1. The molecule has 0 saturated carbocycles. The van der Waals surface area contributed by atoms with Crippen LogP contribution in [0.1, 0.15) is 26.2 Å². The summed E-state index contributed by atoms with van der Waals surface area (Å²) in [6.45, 7) is 2.82. The van der Waals surface area contributed by atoms with Crippen molar-refractivity contribution in [3.05, 3.63) is 11.9 Å². The largest absolute Gasteiger partial charge is 0.393 e. The molecule has 0 radical (unpaired) electrons. The second-order valence-electron chi connectivity index (χ2n) is 3.61. The Morgan fingerprint density at radius 2 is 2.29 bits per heavy atom. The number of piperidine rings is 1. The van der Waals surface area contributed by atoms with Gasteiger partial charge in [0, 0.05) is 18.9 Å². The quantitative estimate of drug-likeness (QED) is 0.611. The summed E-state index contributed by atoms with van der Waals surface area (Å²) in [5, 5.41) is 8.93. The van der Waals surface area contributed by atoms with Gasteiger partial charge < -0.3 is 16.0 Å². The first-order valence-corrected chi connectivity index (χ1v) is 5.12. The molecule has 0 aromatic heterocycles. The topological polar surface area (TPSA) is 53.2 Å². The molecule has 0 bridgehead atoms. The summed E-state index contributed by atoms with van der Waals surface area (Å²) in [7, 11) is 1.81. The molecule has 4 nitrogen and oxygen atoms in total. The molecule has 1 aliphatic rings. The third kappa shape index (κ3) is 3.38. The monoisotopic (exact) mass is 197 g/mol. The molecule has 0 aliphatic carbocycles. The number of carbonyl (C=O) groups is 1. The fourth-order valence-corrected chi connectivity index (χ4v) is 1.61. The van der Waals surface area contributed by atoms with E-state index in [1.165, 1.54) is 6.42 Å². The van der Waals surface area contributed by atoms with E-state index < -0.39 is 0 Å². The predicted molar refractivity (Wildman–Crippen MR) is 56.6 cm³/mol. The average Bonchev–Trinajstić information content (AvgIpc) is 2.19. The summed E-state index contributed by atoms with van der Waals surface area (Å²) < 4.78 is 0. The van der Waals surface area contributed by atoms with E-state index in [1.54, 1.807) is 6.20 Å².